The molecule has 0 saturated heterocycles. The number of carboxylic acid groups (broad SMARTS) is 1. The van der Waals surface area contributed by atoms with Crippen molar-refractivity contribution in [2.45, 2.75) is 26.2 Å². The highest BCUT2D eigenvalue weighted by atomic mass is 16.6. The zero-order chi connectivity index (χ0) is 13.0. The van der Waals surface area contributed by atoms with E-state index in [4.69, 9.17) is 5.11 Å². The van der Waals surface area contributed by atoms with Crippen LogP contribution in [0.15, 0.2) is 18.3 Å². The highest BCUT2D eigenvalue weighted by Crippen LogP contribution is 2.24. The Labute approximate surface area is 98.4 Å². The molecule has 1 aromatic heterocycles. The van der Waals surface area contributed by atoms with Crippen LogP contribution in [0.5, 0.6) is 0 Å². The Kier molecular flexibility index (Phi) is 4.14. The smallest absolute Gasteiger partial charge is 0.312 e. The minimum atomic E-state index is -1.01. The third kappa shape index (κ3) is 3.51. The monoisotopic (exact) mass is 238 g/mol. The van der Waals surface area contributed by atoms with Crippen LogP contribution < -0.4 is 0 Å². The van der Waals surface area contributed by atoms with Gasteiger partial charge in [-0.05, 0) is 12.3 Å². The topological polar surface area (TPSA) is 93.3 Å². The van der Waals surface area contributed by atoms with Crippen LogP contribution in [0, 0.1) is 16.0 Å². The van der Waals surface area contributed by atoms with Gasteiger partial charge in [-0.1, -0.05) is 13.8 Å². The molecule has 0 aliphatic carbocycles. The molecule has 1 aromatic rings. The summed E-state index contributed by atoms with van der Waals surface area (Å²) in [7, 11) is 0. The van der Waals surface area contributed by atoms with Gasteiger partial charge in [0.15, 0.2) is 0 Å². The van der Waals surface area contributed by atoms with Gasteiger partial charge in [0, 0.05) is 18.3 Å². The van der Waals surface area contributed by atoms with E-state index in [1.807, 2.05) is 13.8 Å². The summed E-state index contributed by atoms with van der Waals surface area (Å²) in [6, 6.07) is 2.47. The molecule has 0 spiro atoms. The van der Waals surface area contributed by atoms with E-state index >= 15 is 0 Å². The second-order valence-electron chi connectivity index (χ2n) is 4.22. The Morgan fingerprint density at radius 1 is 1.59 bits per heavy atom. The van der Waals surface area contributed by atoms with Gasteiger partial charge >= 0.3 is 5.97 Å². The van der Waals surface area contributed by atoms with Gasteiger partial charge in [-0.2, -0.15) is 0 Å². The van der Waals surface area contributed by atoms with Gasteiger partial charge in [0.05, 0.1) is 16.5 Å². The predicted molar refractivity (Wildman–Crippen MR) is 60.7 cm³/mol. The molecular formula is C11H14N2O4. The average molecular weight is 238 g/mol. The minimum Gasteiger partial charge on any atom is -0.481 e. The molecule has 1 heterocycles. The van der Waals surface area contributed by atoms with Crippen molar-refractivity contribution in [1.29, 1.82) is 0 Å². The van der Waals surface area contributed by atoms with Crippen molar-refractivity contribution in [2.75, 3.05) is 0 Å². The first-order chi connectivity index (χ1) is 7.91. The molecular weight excluding hydrogens is 224 g/mol. The van der Waals surface area contributed by atoms with Crippen molar-refractivity contribution >= 4 is 11.7 Å². The second-order valence-corrected chi connectivity index (χ2v) is 4.22. The number of hydrogen-bond acceptors (Lipinski definition) is 4. The summed E-state index contributed by atoms with van der Waals surface area (Å²) in [6.45, 7) is 3.79. The highest BCUT2D eigenvalue weighted by Gasteiger charge is 2.24. The summed E-state index contributed by atoms with van der Waals surface area (Å²) in [5.41, 5.74) is 0.102. The number of rotatable bonds is 5. The van der Waals surface area contributed by atoms with Crippen LogP contribution in [0.2, 0.25) is 0 Å². The summed E-state index contributed by atoms with van der Waals surface area (Å²) in [5.74, 6) is -1.63. The standard InChI is InChI=1S/C11H14N2O4/c1-7(2)5-9(11(14)15)10-6-8(13(16)17)3-4-12-10/h3-4,6-7,9H,5H2,1-2H3,(H,14,15). The van der Waals surface area contributed by atoms with Gasteiger partial charge in [-0.15, -0.1) is 0 Å². The fourth-order valence-corrected chi connectivity index (χ4v) is 1.56. The number of nitrogens with zero attached hydrogens (tertiary/aromatic N) is 2. The van der Waals surface area contributed by atoms with E-state index in [1.165, 1.54) is 18.3 Å². The van der Waals surface area contributed by atoms with E-state index in [0.717, 1.165) is 0 Å². The molecule has 0 radical (unpaired) electrons. The molecule has 6 heteroatoms. The molecule has 0 aliphatic rings. The number of carboxylic acids is 1. The van der Waals surface area contributed by atoms with Crippen LogP contribution in [0.1, 0.15) is 31.9 Å². The molecule has 0 saturated carbocycles. The van der Waals surface area contributed by atoms with Crippen molar-refractivity contribution < 1.29 is 14.8 Å². The molecule has 0 bridgehead atoms. The second kappa shape index (κ2) is 5.38. The number of aliphatic carboxylic acids is 1. The molecule has 17 heavy (non-hydrogen) atoms. The maximum Gasteiger partial charge on any atom is 0.312 e. The number of aromatic nitrogens is 1. The third-order valence-corrected chi connectivity index (χ3v) is 2.34. The van der Waals surface area contributed by atoms with Crippen molar-refractivity contribution in [3.05, 3.63) is 34.1 Å². The molecule has 0 amide bonds. The van der Waals surface area contributed by atoms with Gasteiger partial charge in [-0.25, -0.2) is 0 Å². The van der Waals surface area contributed by atoms with Crippen LogP contribution in [0.3, 0.4) is 0 Å². The van der Waals surface area contributed by atoms with E-state index in [0.29, 0.717) is 6.42 Å². The van der Waals surface area contributed by atoms with E-state index in [1.54, 1.807) is 0 Å². The first-order valence-electron chi connectivity index (χ1n) is 5.25. The predicted octanol–water partition coefficient (Wildman–Crippen LogP) is 2.20. The van der Waals surface area contributed by atoms with Gasteiger partial charge in [0.25, 0.3) is 5.69 Å². The lowest BCUT2D eigenvalue weighted by Crippen LogP contribution is -2.15. The van der Waals surface area contributed by atoms with Crippen molar-refractivity contribution in [3.63, 3.8) is 0 Å². The SMILES string of the molecule is CC(C)CC(C(=O)O)c1cc([N+](=O)[O-])ccn1. The summed E-state index contributed by atoms with van der Waals surface area (Å²) in [6.07, 6.45) is 1.67. The lowest BCUT2D eigenvalue weighted by molar-refractivity contribution is -0.385. The summed E-state index contributed by atoms with van der Waals surface area (Å²) in [4.78, 5) is 25.1. The Morgan fingerprint density at radius 3 is 2.71 bits per heavy atom. The van der Waals surface area contributed by atoms with Crippen LogP contribution in [0.4, 0.5) is 5.69 Å². The zero-order valence-electron chi connectivity index (χ0n) is 9.66. The van der Waals surface area contributed by atoms with Gasteiger partial charge < -0.3 is 5.11 Å². The Balaban J connectivity index is 3.05. The largest absolute Gasteiger partial charge is 0.481 e. The van der Waals surface area contributed by atoms with Crippen molar-refractivity contribution in [2.24, 2.45) is 5.92 Å². The fourth-order valence-electron chi connectivity index (χ4n) is 1.56. The molecule has 1 rings (SSSR count). The van der Waals surface area contributed by atoms with Gasteiger partial charge in [-0.3, -0.25) is 19.9 Å². The number of pyridine rings is 1. The molecule has 0 aliphatic heterocycles. The number of hydrogen-bond donors (Lipinski definition) is 1. The van der Waals surface area contributed by atoms with Crippen molar-refractivity contribution in [1.82, 2.24) is 4.98 Å². The molecule has 6 nitrogen and oxygen atoms in total. The zero-order valence-corrected chi connectivity index (χ0v) is 9.66. The molecule has 1 unspecified atom stereocenters. The summed E-state index contributed by atoms with van der Waals surface area (Å²) >= 11 is 0. The molecule has 1 atom stereocenters. The summed E-state index contributed by atoms with van der Waals surface area (Å²) in [5, 5.41) is 19.7. The lowest BCUT2D eigenvalue weighted by Gasteiger charge is -2.13. The molecule has 0 fully saturated rings. The first-order valence-corrected chi connectivity index (χ1v) is 5.25. The maximum absolute atomic E-state index is 11.1. The van der Waals surface area contributed by atoms with Crippen LogP contribution in [-0.2, 0) is 4.79 Å². The van der Waals surface area contributed by atoms with Crippen LogP contribution in [-0.4, -0.2) is 21.0 Å². The third-order valence-electron chi connectivity index (χ3n) is 2.34. The Hall–Kier alpha value is -1.98. The summed E-state index contributed by atoms with van der Waals surface area (Å²) < 4.78 is 0. The molecule has 0 aromatic carbocycles. The Morgan fingerprint density at radius 2 is 2.24 bits per heavy atom. The molecule has 92 valence electrons. The number of nitro groups is 1. The van der Waals surface area contributed by atoms with Crippen molar-refractivity contribution in [3.8, 4) is 0 Å². The Bertz CT molecular complexity index is 431. The lowest BCUT2D eigenvalue weighted by atomic mass is 9.93. The minimum absolute atomic E-state index is 0.134. The van der Waals surface area contributed by atoms with E-state index < -0.39 is 16.8 Å². The average Bonchev–Trinajstić information content (AvgIpc) is 2.25. The van der Waals surface area contributed by atoms with E-state index in [2.05, 4.69) is 4.98 Å². The molecule has 1 N–H and O–H groups in total. The van der Waals surface area contributed by atoms with E-state index in [-0.39, 0.29) is 17.3 Å². The normalized spacial score (nSPS) is 12.4. The van der Waals surface area contributed by atoms with Gasteiger partial charge in [0.1, 0.15) is 0 Å². The maximum atomic E-state index is 11.1. The first kappa shape index (κ1) is 13.1. The van der Waals surface area contributed by atoms with Crippen LogP contribution in [0.25, 0.3) is 0 Å². The number of carbonyl (C=O) groups is 1. The van der Waals surface area contributed by atoms with Crippen LogP contribution >= 0.6 is 0 Å². The fraction of sp³-hybridized carbons (Fsp3) is 0.455. The quantitative estimate of drug-likeness (QED) is 0.627. The van der Waals surface area contributed by atoms with E-state index in [9.17, 15) is 14.9 Å². The van der Waals surface area contributed by atoms with Gasteiger partial charge in [0.2, 0.25) is 0 Å². The highest BCUT2D eigenvalue weighted by molar-refractivity contribution is 5.75.